The molecule has 7 heteroatoms. The molecule has 4 rings (SSSR count). The van der Waals surface area contributed by atoms with Gasteiger partial charge in [-0.25, -0.2) is 4.79 Å². The highest BCUT2D eigenvalue weighted by molar-refractivity contribution is 5.91. The van der Waals surface area contributed by atoms with Crippen LogP contribution in [0.15, 0.2) is 47.2 Å². The summed E-state index contributed by atoms with van der Waals surface area (Å²) in [7, 11) is 0. The molecule has 3 amide bonds. The first kappa shape index (κ1) is 16.6. The SMILES string of the molecule is O=C(N[C@H]1CCCN(C(=O)c2ccco2)C1)N1CC(c2ccccn2)C1. The van der Waals surface area contributed by atoms with E-state index in [0.717, 1.165) is 18.5 Å². The van der Waals surface area contributed by atoms with E-state index in [0.29, 0.717) is 37.9 Å². The number of carbonyl (C=O) groups is 2. The Balaban J connectivity index is 1.28. The third-order valence-electron chi connectivity index (χ3n) is 5.04. The highest BCUT2D eigenvalue weighted by atomic mass is 16.3. The molecule has 0 bridgehead atoms. The predicted octanol–water partition coefficient (Wildman–Crippen LogP) is 2.09. The van der Waals surface area contributed by atoms with Crippen LogP contribution in [-0.4, -0.2) is 58.9 Å². The molecule has 4 heterocycles. The van der Waals surface area contributed by atoms with Gasteiger partial charge >= 0.3 is 6.03 Å². The van der Waals surface area contributed by atoms with Crippen LogP contribution in [0.5, 0.6) is 0 Å². The molecular weight excluding hydrogens is 332 g/mol. The minimum atomic E-state index is -0.117. The Morgan fingerprint density at radius 3 is 2.73 bits per heavy atom. The Kier molecular flexibility index (Phi) is 4.60. The van der Waals surface area contributed by atoms with Crippen LogP contribution in [0, 0.1) is 0 Å². The van der Waals surface area contributed by atoms with E-state index in [1.807, 2.05) is 18.2 Å². The van der Waals surface area contributed by atoms with Gasteiger partial charge in [0, 0.05) is 50.0 Å². The molecule has 0 aliphatic carbocycles. The van der Waals surface area contributed by atoms with E-state index in [1.54, 1.807) is 28.1 Å². The monoisotopic (exact) mass is 354 g/mol. The summed E-state index contributed by atoms with van der Waals surface area (Å²) in [6.07, 6.45) is 5.03. The van der Waals surface area contributed by atoms with E-state index in [2.05, 4.69) is 10.3 Å². The Hall–Kier alpha value is -2.83. The lowest BCUT2D eigenvalue weighted by Gasteiger charge is -2.40. The summed E-state index contributed by atoms with van der Waals surface area (Å²) in [5.74, 6) is 0.538. The average Bonchev–Trinajstić information content (AvgIpc) is 3.15. The second kappa shape index (κ2) is 7.19. The normalized spacial score (nSPS) is 20.5. The Morgan fingerprint density at radius 1 is 1.12 bits per heavy atom. The van der Waals surface area contributed by atoms with Gasteiger partial charge in [-0.15, -0.1) is 0 Å². The van der Waals surface area contributed by atoms with E-state index in [4.69, 9.17) is 4.42 Å². The van der Waals surface area contributed by atoms with Crippen LogP contribution in [0.1, 0.15) is 35.0 Å². The van der Waals surface area contributed by atoms with Crippen molar-refractivity contribution in [3.63, 3.8) is 0 Å². The van der Waals surface area contributed by atoms with E-state index in [1.165, 1.54) is 6.26 Å². The van der Waals surface area contributed by atoms with Crippen molar-refractivity contribution >= 4 is 11.9 Å². The predicted molar refractivity (Wildman–Crippen MR) is 94.7 cm³/mol. The third-order valence-corrected chi connectivity index (χ3v) is 5.04. The zero-order valence-electron chi connectivity index (χ0n) is 14.5. The number of nitrogens with one attached hydrogen (secondary N) is 1. The second-order valence-corrected chi connectivity index (χ2v) is 6.87. The number of amides is 3. The molecule has 136 valence electrons. The summed E-state index contributed by atoms with van der Waals surface area (Å²) in [5, 5.41) is 3.07. The molecule has 2 aromatic rings. The molecule has 0 spiro atoms. The minimum absolute atomic E-state index is 0.0240. The highest BCUT2D eigenvalue weighted by Crippen LogP contribution is 2.25. The maximum absolute atomic E-state index is 12.4. The molecule has 2 aliphatic rings. The van der Waals surface area contributed by atoms with Crippen LogP contribution in [0.4, 0.5) is 4.79 Å². The number of urea groups is 1. The Labute approximate surface area is 152 Å². The van der Waals surface area contributed by atoms with Gasteiger partial charge < -0.3 is 19.5 Å². The summed E-state index contributed by atoms with van der Waals surface area (Å²) >= 11 is 0. The first-order valence-corrected chi connectivity index (χ1v) is 9.00. The molecule has 0 saturated carbocycles. The summed E-state index contributed by atoms with van der Waals surface area (Å²) in [5.41, 5.74) is 1.03. The van der Waals surface area contributed by atoms with Gasteiger partial charge in [-0.3, -0.25) is 9.78 Å². The standard InChI is InChI=1S/C19H22N4O3/c24-18(17-7-4-10-26-17)22-9-3-5-15(13-22)21-19(25)23-11-14(12-23)16-6-1-2-8-20-16/h1-2,4,6-8,10,14-15H,3,5,9,11-13H2,(H,21,25)/t15-/m0/s1. The maximum atomic E-state index is 12.4. The number of furan rings is 1. The molecule has 26 heavy (non-hydrogen) atoms. The van der Waals surface area contributed by atoms with Gasteiger partial charge in [-0.2, -0.15) is 0 Å². The van der Waals surface area contributed by atoms with E-state index in [-0.39, 0.29) is 18.0 Å². The van der Waals surface area contributed by atoms with Crippen LogP contribution in [0.25, 0.3) is 0 Å². The quantitative estimate of drug-likeness (QED) is 0.915. The number of pyridine rings is 1. The summed E-state index contributed by atoms with van der Waals surface area (Å²) in [6, 6.07) is 9.15. The van der Waals surface area contributed by atoms with Crippen LogP contribution in [0.2, 0.25) is 0 Å². The molecule has 0 radical (unpaired) electrons. The van der Waals surface area contributed by atoms with Crippen LogP contribution in [-0.2, 0) is 0 Å². The smallest absolute Gasteiger partial charge is 0.317 e. The van der Waals surface area contributed by atoms with Crippen LogP contribution >= 0.6 is 0 Å². The van der Waals surface area contributed by atoms with Gasteiger partial charge in [0.05, 0.1) is 6.26 Å². The van der Waals surface area contributed by atoms with Crippen molar-refractivity contribution < 1.29 is 14.0 Å². The van der Waals surface area contributed by atoms with Crippen molar-refractivity contribution in [3.8, 4) is 0 Å². The zero-order valence-corrected chi connectivity index (χ0v) is 14.5. The number of hydrogen-bond donors (Lipinski definition) is 1. The van der Waals surface area contributed by atoms with E-state index in [9.17, 15) is 9.59 Å². The lowest BCUT2D eigenvalue weighted by Crippen LogP contribution is -2.57. The van der Waals surface area contributed by atoms with Gasteiger partial charge in [0.15, 0.2) is 5.76 Å². The fourth-order valence-electron chi connectivity index (χ4n) is 3.55. The molecule has 1 atom stereocenters. The van der Waals surface area contributed by atoms with E-state index < -0.39 is 0 Å². The minimum Gasteiger partial charge on any atom is -0.459 e. The van der Waals surface area contributed by atoms with Gasteiger partial charge in [0.25, 0.3) is 5.91 Å². The Bertz CT molecular complexity index is 756. The number of nitrogens with zero attached hydrogens (tertiary/aromatic N) is 3. The highest BCUT2D eigenvalue weighted by Gasteiger charge is 2.34. The molecule has 0 aromatic carbocycles. The molecule has 2 aliphatic heterocycles. The van der Waals surface area contributed by atoms with Crippen molar-refractivity contribution in [2.24, 2.45) is 0 Å². The van der Waals surface area contributed by atoms with Crippen molar-refractivity contribution in [1.82, 2.24) is 20.1 Å². The van der Waals surface area contributed by atoms with Gasteiger partial charge in [0.1, 0.15) is 0 Å². The van der Waals surface area contributed by atoms with Crippen molar-refractivity contribution in [1.29, 1.82) is 0 Å². The summed E-state index contributed by atoms with van der Waals surface area (Å²) in [6.45, 7) is 2.58. The fourth-order valence-corrected chi connectivity index (χ4v) is 3.55. The first-order valence-electron chi connectivity index (χ1n) is 9.00. The lowest BCUT2D eigenvalue weighted by molar-refractivity contribution is 0.0658. The molecule has 7 nitrogen and oxygen atoms in total. The van der Waals surface area contributed by atoms with E-state index >= 15 is 0 Å². The summed E-state index contributed by atoms with van der Waals surface area (Å²) < 4.78 is 5.19. The number of likely N-dealkylation sites (tertiary alicyclic amines) is 2. The first-order chi connectivity index (χ1) is 12.7. The molecule has 2 saturated heterocycles. The Morgan fingerprint density at radius 2 is 2.00 bits per heavy atom. The van der Waals surface area contributed by atoms with Crippen LogP contribution < -0.4 is 5.32 Å². The molecular formula is C19H22N4O3. The van der Waals surface area contributed by atoms with Crippen LogP contribution in [0.3, 0.4) is 0 Å². The number of carbonyl (C=O) groups excluding carboxylic acids is 2. The molecule has 0 unspecified atom stereocenters. The third kappa shape index (κ3) is 3.42. The molecule has 2 fully saturated rings. The largest absolute Gasteiger partial charge is 0.459 e. The second-order valence-electron chi connectivity index (χ2n) is 6.87. The van der Waals surface area contributed by atoms with Gasteiger partial charge in [0.2, 0.25) is 0 Å². The molecule has 2 aromatic heterocycles. The van der Waals surface area contributed by atoms with Gasteiger partial charge in [-0.05, 0) is 37.1 Å². The topological polar surface area (TPSA) is 78.7 Å². The summed E-state index contributed by atoms with van der Waals surface area (Å²) in [4.78, 5) is 32.7. The maximum Gasteiger partial charge on any atom is 0.317 e. The van der Waals surface area contributed by atoms with Crippen molar-refractivity contribution in [2.45, 2.75) is 24.8 Å². The van der Waals surface area contributed by atoms with Gasteiger partial charge in [-0.1, -0.05) is 6.07 Å². The fraction of sp³-hybridized carbons (Fsp3) is 0.421. The molecule has 1 N–H and O–H groups in total. The number of hydrogen-bond acceptors (Lipinski definition) is 4. The number of piperidine rings is 1. The van der Waals surface area contributed by atoms with Crippen molar-refractivity contribution in [2.75, 3.05) is 26.2 Å². The number of rotatable bonds is 3. The lowest BCUT2D eigenvalue weighted by atomic mass is 9.96. The zero-order chi connectivity index (χ0) is 17.9. The van der Waals surface area contributed by atoms with Crippen molar-refractivity contribution in [3.05, 3.63) is 54.2 Å². The average molecular weight is 354 g/mol. The number of aromatic nitrogens is 1.